The van der Waals surface area contributed by atoms with Gasteiger partial charge in [-0.05, 0) is 38.0 Å². The van der Waals surface area contributed by atoms with Gasteiger partial charge >= 0.3 is 5.97 Å². The summed E-state index contributed by atoms with van der Waals surface area (Å²) >= 11 is 5.87. The van der Waals surface area contributed by atoms with Crippen LogP contribution in [0.25, 0.3) is 6.08 Å². The van der Waals surface area contributed by atoms with Crippen molar-refractivity contribution in [2.75, 3.05) is 6.54 Å². The molecule has 0 radical (unpaired) electrons. The van der Waals surface area contributed by atoms with Crippen molar-refractivity contribution in [1.82, 2.24) is 4.90 Å². The average Bonchev–Trinajstić information content (AvgIpc) is 2.81. The van der Waals surface area contributed by atoms with Crippen molar-refractivity contribution in [3.63, 3.8) is 0 Å². The van der Waals surface area contributed by atoms with Gasteiger partial charge in [-0.3, -0.25) is 4.79 Å². The van der Waals surface area contributed by atoms with Crippen LogP contribution >= 0.6 is 11.6 Å². The molecule has 0 saturated carbocycles. The maximum Gasteiger partial charge on any atom is 0.329 e. The number of hydrogen-bond acceptors (Lipinski definition) is 2. The summed E-state index contributed by atoms with van der Waals surface area (Å²) in [6.45, 7) is 1.89. The summed E-state index contributed by atoms with van der Waals surface area (Å²) in [6.07, 6.45) is 3.47. The number of carbonyl (C=O) groups excluding carboxylic acids is 1. The Bertz CT molecular complexity index is 597. The lowest BCUT2D eigenvalue weighted by Gasteiger charge is -2.30. The minimum Gasteiger partial charge on any atom is -0.480 e. The summed E-state index contributed by atoms with van der Waals surface area (Å²) in [7, 11) is 0. The molecule has 6 heteroatoms. The molecule has 1 heterocycles. The molecule has 4 nitrogen and oxygen atoms in total. The molecule has 1 aliphatic rings. The number of carboxylic acids is 1. The van der Waals surface area contributed by atoms with E-state index in [9.17, 15) is 19.1 Å². The SMILES string of the molecule is CC1(C(=O)O)CCCN1C(=O)C=Cc1c(F)cccc1Cl. The highest BCUT2D eigenvalue weighted by atomic mass is 35.5. The first-order chi connectivity index (χ1) is 9.86. The highest BCUT2D eigenvalue weighted by Gasteiger charge is 2.45. The predicted molar refractivity (Wildman–Crippen MR) is 77.4 cm³/mol. The Balaban J connectivity index is 2.22. The van der Waals surface area contributed by atoms with E-state index in [2.05, 4.69) is 0 Å². The highest BCUT2D eigenvalue weighted by molar-refractivity contribution is 6.32. The lowest BCUT2D eigenvalue weighted by molar-refractivity contribution is -0.153. The Morgan fingerprint density at radius 1 is 1.48 bits per heavy atom. The number of carboxylic acid groups (broad SMARTS) is 1. The normalized spacial score (nSPS) is 22.0. The second kappa shape index (κ2) is 5.85. The van der Waals surface area contributed by atoms with Gasteiger partial charge < -0.3 is 10.0 Å². The molecule has 0 spiro atoms. The Morgan fingerprint density at radius 2 is 2.19 bits per heavy atom. The Kier molecular flexibility index (Phi) is 4.32. The number of rotatable bonds is 3. The van der Waals surface area contributed by atoms with E-state index in [1.54, 1.807) is 0 Å². The van der Waals surface area contributed by atoms with Crippen molar-refractivity contribution in [2.24, 2.45) is 0 Å². The zero-order valence-electron chi connectivity index (χ0n) is 11.5. The van der Waals surface area contributed by atoms with Crippen molar-refractivity contribution in [3.05, 3.63) is 40.7 Å². The standard InChI is InChI=1S/C15H15ClFNO3/c1-15(14(20)21)8-3-9-18(15)13(19)7-6-10-11(16)4-2-5-12(10)17/h2,4-7H,3,8-9H2,1H3,(H,20,21). The topological polar surface area (TPSA) is 57.6 Å². The van der Waals surface area contributed by atoms with Gasteiger partial charge in [0.05, 0.1) is 5.02 Å². The quantitative estimate of drug-likeness (QED) is 0.873. The van der Waals surface area contributed by atoms with Crippen LogP contribution in [0.15, 0.2) is 24.3 Å². The Labute approximate surface area is 126 Å². The molecule has 1 aromatic rings. The molecule has 0 bridgehead atoms. The number of halogens is 2. The van der Waals surface area contributed by atoms with Crippen LogP contribution in [0.3, 0.4) is 0 Å². The first kappa shape index (κ1) is 15.5. The maximum atomic E-state index is 13.6. The number of benzene rings is 1. The minimum atomic E-state index is -1.21. The second-order valence-corrected chi connectivity index (χ2v) is 5.55. The lowest BCUT2D eigenvalue weighted by atomic mass is 9.99. The molecule has 1 N–H and O–H groups in total. The van der Waals surface area contributed by atoms with Gasteiger partial charge in [0.15, 0.2) is 0 Å². The Hall–Kier alpha value is -1.88. The van der Waals surface area contributed by atoms with Gasteiger partial charge in [0.2, 0.25) is 5.91 Å². The van der Waals surface area contributed by atoms with Crippen LogP contribution in [0.1, 0.15) is 25.3 Å². The molecule has 112 valence electrons. The number of aliphatic carboxylic acids is 1. The van der Waals surface area contributed by atoms with Crippen molar-refractivity contribution < 1.29 is 19.1 Å². The molecule has 1 saturated heterocycles. The van der Waals surface area contributed by atoms with Gasteiger partial charge in [-0.1, -0.05) is 17.7 Å². The van der Waals surface area contributed by atoms with Gasteiger partial charge in [-0.25, -0.2) is 9.18 Å². The second-order valence-electron chi connectivity index (χ2n) is 5.14. The summed E-state index contributed by atoms with van der Waals surface area (Å²) < 4.78 is 13.6. The van der Waals surface area contributed by atoms with Gasteiger partial charge in [0.25, 0.3) is 0 Å². The number of nitrogens with zero attached hydrogens (tertiary/aromatic N) is 1. The molecule has 1 fully saturated rings. The fraction of sp³-hybridized carbons (Fsp3) is 0.333. The molecule has 1 aliphatic heterocycles. The minimum absolute atomic E-state index is 0.115. The summed E-state index contributed by atoms with van der Waals surface area (Å²) in [6, 6.07) is 4.23. The number of hydrogen-bond donors (Lipinski definition) is 1. The number of amides is 1. The van der Waals surface area contributed by atoms with E-state index in [-0.39, 0.29) is 10.6 Å². The number of likely N-dealkylation sites (tertiary alicyclic amines) is 1. The third-order valence-electron chi connectivity index (χ3n) is 3.76. The average molecular weight is 312 g/mol. The molecular formula is C15H15ClFNO3. The van der Waals surface area contributed by atoms with E-state index < -0.39 is 23.2 Å². The van der Waals surface area contributed by atoms with E-state index >= 15 is 0 Å². The summed E-state index contributed by atoms with van der Waals surface area (Å²) in [5, 5.41) is 9.46. The molecule has 21 heavy (non-hydrogen) atoms. The molecule has 1 unspecified atom stereocenters. The zero-order chi connectivity index (χ0) is 15.6. The fourth-order valence-electron chi connectivity index (χ4n) is 2.45. The van der Waals surface area contributed by atoms with Crippen LogP contribution in [0.5, 0.6) is 0 Å². The van der Waals surface area contributed by atoms with E-state index in [4.69, 9.17) is 11.6 Å². The van der Waals surface area contributed by atoms with Gasteiger partial charge in [-0.2, -0.15) is 0 Å². The van der Waals surface area contributed by atoms with Gasteiger partial charge in [-0.15, -0.1) is 0 Å². The van der Waals surface area contributed by atoms with E-state index in [0.29, 0.717) is 19.4 Å². The van der Waals surface area contributed by atoms with Crippen molar-refractivity contribution >= 4 is 29.6 Å². The molecule has 1 atom stereocenters. The van der Waals surface area contributed by atoms with Crippen molar-refractivity contribution in [3.8, 4) is 0 Å². The maximum absolute atomic E-state index is 13.6. The summed E-state index contributed by atoms with van der Waals surface area (Å²) in [4.78, 5) is 24.8. The lowest BCUT2D eigenvalue weighted by Crippen LogP contribution is -2.50. The molecular weight excluding hydrogens is 297 g/mol. The van der Waals surface area contributed by atoms with Crippen LogP contribution in [-0.2, 0) is 9.59 Å². The van der Waals surface area contributed by atoms with Gasteiger partial charge in [0.1, 0.15) is 11.4 Å². The zero-order valence-corrected chi connectivity index (χ0v) is 12.2. The summed E-state index contributed by atoms with van der Waals surface area (Å²) in [5.41, 5.74) is -1.09. The molecule has 2 rings (SSSR count). The van der Waals surface area contributed by atoms with E-state index in [0.717, 1.165) is 6.08 Å². The molecule has 0 aromatic heterocycles. The molecule has 0 aliphatic carbocycles. The van der Waals surface area contributed by atoms with Crippen LogP contribution in [-0.4, -0.2) is 34.0 Å². The smallest absolute Gasteiger partial charge is 0.329 e. The van der Waals surface area contributed by atoms with Crippen LogP contribution in [0, 0.1) is 5.82 Å². The first-order valence-electron chi connectivity index (χ1n) is 6.53. The third-order valence-corrected chi connectivity index (χ3v) is 4.09. The fourth-order valence-corrected chi connectivity index (χ4v) is 2.68. The summed E-state index contributed by atoms with van der Waals surface area (Å²) in [5.74, 6) is -2.03. The first-order valence-corrected chi connectivity index (χ1v) is 6.91. The van der Waals surface area contributed by atoms with E-state index in [1.165, 1.54) is 36.1 Å². The van der Waals surface area contributed by atoms with Crippen LogP contribution in [0.4, 0.5) is 4.39 Å². The third kappa shape index (κ3) is 2.93. The number of carbonyl (C=O) groups is 2. The van der Waals surface area contributed by atoms with Crippen molar-refractivity contribution in [2.45, 2.75) is 25.3 Å². The predicted octanol–water partition coefficient (Wildman–Crippen LogP) is 2.96. The Morgan fingerprint density at radius 3 is 2.81 bits per heavy atom. The molecule has 1 aromatic carbocycles. The highest BCUT2D eigenvalue weighted by Crippen LogP contribution is 2.30. The monoisotopic (exact) mass is 311 g/mol. The largest absolute Gasteiger partial charge is 0.480 e. The van der Waals surface area contributed by atoms with Crippen LogP contribution in [0.2, 0.25) is 5.02 Å². The molecule has 1 amide bonds. The van der Waals surface area contributed by atoms with Gasteiger partial charge in [0, 0.05) is 18.2 Å². The van der Waals surface area contributed by atoms with Crippen molar-refractivity contribution in [1.29, 1.82) is 0 Å². The van der Waals surface area contributed by atoms with Crippen LogP contribution < -0.4 is 0 Å². The van der Waals surface area contributed by atoms with E-state index in [1.807, 2.05) is 0 Å².